The molecule has 0 saturated heterocycles. The quantitative estimate of drug-likeness (QED) is 0.176. The molecule has 57 heavy (non-hydrogen) atoms. The summed E-state index contributed by atoms with van der Waals surface area (Å²) in [5.74, 6) is 0.648. The first-order valence-electron chi connectivity index (χ1n) is 19.2. The summed E-state index contributed by atoms with van der Waals surface area (Å²) in [5, 5.41) is 7.09. The van der Waals surface area contributed by atoms with Crippen LogP contribution in [-0.4, -0.2) is 14.5 Å². The van der Waals surface area contributed by atoms with E-state index in [0.29, 0.717) is 5.82 Å². The van der Waals surface area contributed by atoms with Gasteiger partial charge in [-0.15, -0.1) is 11.3 Å². The van der Waals surface area contributed by atoms with Crippen LogP contribution in [0.2, 0.25) is 0 Å². The van der Waals surface area contributed by atoms with Crippen molar-refractivity contribution >= 4 is 75.3 Å². The van der Waals surface area contributed by atoms with Gasteiger partial charge in [0, 0.05) is 58.4 Å². The molecule has 0 fully saturated rings. The van der Waals surface area contributed by atoms with Crippen LogP contribution < -0.4 is 0 Å². The minimum absolute atomic E-state index is 0.648. The molecule has 0 radical (unpaired) electrons. The summed E-state index contributed by atoms with van der Waals surface area (Å²) in [4.78, 5) is 10.6. The van der Waals surface area contributed by atoms with Gasteiger partial charge in [0.2, 0.25) is 0 Å². The molecule has 0 saturated carbocycles. The van der Waals surface area contributed by atoms with Crippen LogP contribution in [0.3, 0.4) is 0 Å². The lowest BCUT2D eigenvalue weighted by Crippen LogP contribution is -1.97. The van der Waals surface area contributed by atoms with Gasteiger partial charge in [-0.2, -0.15) is 0 Å². The highest BCUT2D eigenvalue weighted by Crippen LogP contribution is 2.46. The Hall–Kier alpha value is -7.34. The van der Waals surface area contributed by atoms with Crippen molar-refractivity contribution in [3.63, 3.8) is 0 Å². The molecule has 266 valence electrons. The smallest absolute Gasteiger partial charge is 0.161 e. The van der Waals surface area contributed by atoms with Crippen LogP contribution in [0.4, 0.5) is 0 Å². The van der Waals surface area contributed by atoms with Gasteiger partial charge in [-0.05, 0) is 53.6 Å². The summed E-state index contributed by atoms with van der Waals surface area (Å²) >= 11 is 1.87. The monoisotopic (exact) mass is 745 g/mol. The molecule has 4 heterocycles. The first-order valence-corrected chi connectivity index (χ1v) is 20.0. The molecule has 12 aromatic rings. The maximum atomic E-state index is 7.12. The van der Waals surface area contributed by atoms with Gasteiger partial charge in [0.25, 0.3) is 0 Å². The zero-order valence-electron chi connectivity index (χ0n) is 30.6. The van der Waals surface area contributed by atoms with E-state index in [9.17, 15) is 0 Å². The van der Waals surface area contributed by atoms with Gasteiger partial charge in [-0.25, -0.2) is 9.97 Å². The largest absolute Gasteiger partial charge is 0.454 e. The van der Waals surface area contributed by atoms with E-state index in [1.807, 2.05) is 29.5 Å². The lowest BCUT2D eigenvalue weighted by Gasteiger charge is -2.12. The Morgan fingerprint density at radius 2 is 1.07 bits per heavy atom. The van der Waals surface area contributed by atoms with Gasteiger partial charge in [0.15, 0.2) is 11.4 Å². The van der Waals surface area contributed by atoms with Gasteiger partial charge < -0.3 is 8.98 Å². The van der Waals surface area contributed by atoms with E-state index in [2.05, 4.69) is 174 Å². The molecule has 0 amide bonds. The number of nitrogens with zero attached hydrogens (tertiary/aromatic N) is 3. The Morgan fingerprint density at radius 1 is 0.439 bits per heavy atom. The Kier molecular flexibility index (Phi) is 7.06. The molecule has 0 atom stereocenters. The number of rotatable bonds is 5. The zero-order chi connectivity index (χ0) is 37.5. The van der Waals surface area contributed by atoms with E-state index in [-0.39, 0.29) is 0 Å². The first kappa shape index (κ1) is 32.0. The fourth-order valence-corrected chi connectivity index (χ4v) is 9.90. The van der Waals surface area contributed by atoms with Crippen molar-refractivity contribution < 1.29 is 4.42 Å². The summed E-state index contributed by atoms with van der Waals surface area (Å²) < 4.78 is 12.1. The average molecular weight is 746 g/mol. The van der Waals surface area contributed by atoms with Gasteiger partial charge in [0.1, 0.15) is 5.58 Å². The molecule has 0 aliphatic rings. The van der Waals surface area contributed by atoms with Crippen LogP contribution in [0, 0.1) is 0 Å². The Labute approximate surface area is 331 Å². The van der Waals surface area contributed by atoms with Crippen molar-refractivity contribution in [1.82, 2.24) is 14.5 Å². The standard InChI is InChI=1S/C52H31N3OS/c1-4-15-32(16-5-1)35-29-40(52-53-41(33-17-6-2-7-18-33)31-42(54-52)34-19-8-3-9-20-34)48-39-23-14-25-45(50(39)56-46(48)30-35)55-43-24-12-10-22-38(43)49-44(55)28-27-37-36-21-11-13-26-47(36)57-51(37)49/h1-31H. The van der Waals surface area contributed by atoms with Gasteiger partial charge in [-0.3, -0.25) is 0 Å². The second-order valence-electron chi connectivity index (χ2n) is 14.5. The predicted molar refractivity (Wildman–Crippen MR) is 238 cm³/mol. The van der Waals surface area contributed by atoms with Crippen LogP contribution in [-0.2, 0) is 0 Å². The molecule has 4 aromatic heterocycles. The molecule has 5 heteroatoms. The van der Waals surface area contributed by atoms with Crippen molar-refractivity contribution in [3.05, 3.63) is 188 Å². The number of furan rings is 1. The van der Waals surface area contributed by atoms with E-state index in [4.69, 9.17) is 14.4 Å². The second-order valence-corrected chi connectivity index (χ2v) is 15.6. The van der Waals surface area contributed by atoms with Crippen molar-refractivity contribution in [3.8, 4) is 50.7 Å². The second kappa shape index (κ2) is 12.6. The predicted octanol–water partition coefficient (Wildman–Crippen LogP) is 14.5. The molecular formula is C52H31N3OS. The summed E-state index contributed by atoms with van der Waals surface area (Å²) in [6.07, 6.45) is 0. The molecule has 0 bridgehead atoms. The van der Waals surface area contributed by atoms with Crippen molar-refractivity contribution in [2.24, 2.45) is 0 Å². The van der Waals surface area contributed by atoms with E-state index >= 15 is 0 Å². The van der Waals surface area contributed by atoms with E-state index in [1.54, 1.807) is 0 Å². The van der Waals surface area contributed by atoms with Crippen LogP contribution in [0.15, 0.2) is 192 Å². The molecule has 8 aromatic carbocycles. The number of hydrogen-bond acceptors (Lipinski definition) is 4. The molecule has 0 spiro atoms. The highest BCUT2D eigenvalue weighted by molar-refractivity contribution is 7.26. The average Bonchev–Trinajstić information content (AvgIpc) is 3.96. The van der Waals surface area contributed by atoms with Crippen LogP contribution in [0.25, 0.3) is 115 Å². The van der Waals surface area contributed by atoms with Gasteiger partial charge in [0.05, 0.1) is 28.1 Å². The van der Waals surface area contributed by atoms with Crippen molar-refractivity contribution in [2.75, 3.05) is 0 Å². The molecule has 0 N–H and O–H groups in total. The minimum atomic E-state index is 0.648. The summed E-state index contributed by atoms with van der Waals surface area (Å²) in [6, 6.07) is 66.2. The van der Waals surface area contributed by atoms with Crippen LogP contribution in [0.1, 0.15) is 0 Å². The summed E-state index contributed by atoms with van der Waals surface area (Å²) in [5.41, 5.74) is 11.8. The fraction of sp³-hybridized carbons (Fsp3) is 0. The summed E-state index contributed by atoms with van der Waals surface area (Å²) in [7, 11) is 0. The molecular weight excluding hydrogens is 715 g/mol. The van der Waals surface area contributed by atoms with E-state index in [1.165, 1.54) is 30.9 Å². The molecule has 0 aliphatic carbocycles. The zero-order valence-corrected chi connectivity index (χ0v) is 31.4. The molecule has 0 aliphatic heterocycles. The Balaban J connectivity index is 1.17. The van der Waals surface area contributed by atoms with Crippen LogP contribution >= 0.6 is 11.3 Å². The first-order chi connectivity index (χ1) is 28.3. The lowest BCUT2D eigenvalue weighted by molar-refractivity contribution is 0.666. The lowest BCUT2D eigenvalue weighted by atomic mass is 9.97. The van der Waals surface area contributed by atoms with Crippen molar-refractivity contribution in [2.45, 2.75) is 0 Å². The number of benzene rings is 8. The maximum absolute atomic E-state index is 7.12. The SMILES string of the molecule is c1ccc(-c2cc(-c3nc(-c4ccccc4)cc(-c4ccccc4)n3)c3c(c2)oc2c(-n4c5ccccc5c5c6sc7ccccc7c6ccc54)cccc23)cc1. The van der Waals surface area contributed by atoms with E-state index < -0.39 is 0 Å². The molecule has 4 nitrogen and oxygen atoms in total. The minimum Gasteiger partial charge on any atom is -0.454 e. The van der Waals surface area contributed by atoms with Gasteiger partial charge >= 0.3 is 0 Å². The van der Waals surface area contributed by atoms with Crippen LogP contribution in [0.5, 0.6) is 0 Å². The topological polar surface area (TPSA) is 43.9 Å². The highest BCUT2D eigenvalue weighted by Gasteiger charge is 2.23. The number of fused-ring (bicyclic) bond motifs is 10. The van der Waals surface area contributed by atoms with Crippen molar-refractivity contribution in [1.29, 1.82) is 0 Å². The van der Waals surface area contributed by atoms with Gasteiger partial charge in [-0.1, -0.05) is 146 Å². The number of hydrogen-bond donors (Lipinski definition) is 0. The fourth-order valence-electron chi connectivity index (χ4n) is 8.64. The third kappa shape index (κ3) is 4.99. The Bertz CT molecular complexity index is 3450. The number of thiophene rings is 1. The molecule has 0 unspecified atom stereocenters. The third-order valence-corrected chi connectivity index (χ3v) is 12.4. The normalized spacial score (nSPS) is 11.9. The number of aromatic nitrogens is 3. The Morgan fingerprint density at radius 3 is 1.81 bits per heavy atom. The highest BCUT2D eigenvalue weighted by atomic mass is 32.1. The third-order valence-electron chi connectivity index (χ3n) is 11.2. The molecule has 12 rings (SSSR count). The summed E-state index contributed by atoms with van der Waals surface area (Å²) in [6.45, 7) is 0. The maximum Gasteiger partial charge on any atom is 0.161 e. The van der Waals surface area contributed by atoms with E-state index in [0.717, 1.165) is 77.9 Å². The number of para-hydroxylation sites is 2.